The van der Waals surface area contributed by atoms with E-state index in [1.165, 1.54) is 0 Å². The normalized spacial score (nSPS) is 12.2. The van der Waals surface area contributed by atoms with Crippen molar-refractivity contribution in [2.45, 2.75) is 39.8 Å². The zero-order chi connectivity index (χ0) is 13.5. The molecule has 3 N–H and O–H groups in total. The lowest BCUT2D eigenvalue weighted by molar-refractivity contribution is -0.122. The SMILES string of the molecule is CCCNC(=O)C(C)NCc1nc(C)ccc1O. The van der Waals surface area contributed by atoms with Crippen molar-refractivity contribution >= 4 is 5.91 Å². The van der Waals surface area contributed by atoms with E-state index in [2.05, 4.69) is 15.6 Å². The maximum atomic E-state index is 11.6. The Hall–Kier alpha value is -1.62. The molecular formula is C13H21N3O2. The van der Waals surface area contributed by atoms with Gasteiger partial charge in [0.1, 0.15) is 5.75 Å². The summed E-state index contributed by atoms with van der Waals surface area (Å²) in [5, 5.41) is 15.5. The summed E-state index contributed by atoms with van der Waals surface area (Å²) in [6, 6.07) is 3.05. The van der Waals surface area contributed by atoms with Crippen LogP contribution in [0.4, 0.5) is 0 Å². The van der Waals surface area contributed by atoms with Gasteiger partial charge in [0.05, 0.1) is 11.7 Å². The fourth-order valence-corrected chi connectivity index (χ4v) is 1.48. The number of carbonyl (C=O) groups excluding carboxylic acids is 1. The van der Waals surface area contributed by atoms with Crippen molar-refractivity contribution in [1.29, 1.82) is 0 Å². The third kappa shape index (κ3) is 4.33. The van der Waals surface area contributed by atoms with Gasteiger partial charge in [-0.15, -0.1) is 0 Å². The zero-order valence-corrected chi connectivity index (χ0v) is 11.2. The van der Waals surface area contributed by atoms with Gasteiger partial charge in [-0.05, 0) is 32.4 Å². The Balaban J connectivity index is 2.49. The molecular weight excluding hydrogens is 230 g/mol. The summed E-state index contributed by atoms with van der Waals surface area (Å²) in [4.78, 5) is 15.8. The Kier molecular flexibility index (Phi) is 5.58. The average Bonchev–Trinajstić information content (AvgIpc) is 2.36. The summed E-state index contributed by atoms with van der Waals surface area (Å²) in [6.45, 7) is 6.71. The second-order valence-electron chi connectivity index (χ2n) is 4.31. The lowest BCUT2D eigenvalue weighted by atomic mass is 10.2. The van der Waals surface area contributed by atoms with E-state index in [1.54, 1.807) is 19.1 Å². The highest BCUT2D eigenvalue weighted by Crippen LogP contribution is 2.14. The maximum absolute atomic E-state index is 11.6. The molecule has 0 aliphatic heterocycles. The standard InChI is InChI=1S/C13H21N3O2/c1-4-7-14-13(18)10(3)15-8-11-12(17)6-5-9(2)16-11/h5-6,10,15,17H,4,7-8H2,1-3H3,(H,14,18). The lowest BCUT2D eigenvalue weighted by Crippen LogP contribution is -2.42. The van der Waals surface area contributed by atoms with Gasteiger partial charge in [-0.25, -0.2) is 0 Å². The number of aromatic nitrogens is 1. The molecule has 0 spiro atoms. The van der Waals surface area contributed by atoms with Gasteiger partial charge in [-0.2, -0.15) is 0 Å². The molecule has 1 aromatic heterocycles. The molecule has 1 atom stereocenters. The van der Waals surface area contributed by atoms with Crippen molar-refractivity contribution in [3.63, 3.8) is 0 Å². The molecule has 0 aromatic carbocycles. The average molecular weight is 251 g/mol. The van der Waals surface area contributed by atoms with Gasteiger partial charge < -0.3 is 15.7 Å². The van der Waals surface area contributed by atoms with Crippen LogP contribution in [0.2, 0.25) is 0 Å². The Morgan fingerprint density at radius 2 is 2.22 bits per heavy atom. The first-order valence-electron chi connectivity index (χ1n) is 6.21. The Labute approximate surface area is 108 Å². The van der Waals surface area contributed by atoms with Gasteiger partial charge in [0.15, 0.2) is 0 Å². The number of rotatable bonds is 6. The van der Waals surface area contributed by atoms with Crippen molar-refractivity contribution < 1.29 is 9.90 Å². The van der Waals surface area contributed by atoms with Crippen LogP contribution in [-0.2, 0) is 11.3 Å². The molecule has 5 nitrogen and oxygen atoms in total. The minimum absolute atomic E-state index is 0.0380. The van der Waals surface area contributed by atoms with Gasteiger partial charge in [-0.1, -0.05) is 6.92 Å². The highest BCUT2D eigenvalue weighted by atomic mass is 16.3. The summed E-state index contributed by atoms with van der Waals surface area (Å²) in [5.41, 5.74) is 1.40. The number of nitrogens with zero attached hydrogens (tertiary/aromatic N) is 1. The quantitative estimate of drug-likeness (QED) is 0.708. The van der Waals surface area contributed by atoms with E-state index in [9.17, 15) is 9.90 Å². The van der Waals surface area contributed by atoms with E-state index >= 15 is 0 Å². The molecule has 1 rings (SSSR count). The van der Waals surface area contributed by atoms with Gasteiger partial charge in [0.2, 0.25) is 5.91 Å². The predicted octanol–water partition coefficient (Wildman–Crippen LogP) is 1.10. The summed E-state index contributed by atoms with van der Waals surface area (Å²) < 4.78 is 0. The number of aromatic hydroxyl groups is 1. The van der Waals surface area contributed by atoms with E-state index in [0.29, 0.717) is 18.8 Å². The molecule has 1 amide bonds. The molecule has 100 valence electrons. The topological polar surface area (TPSA) is 74.2 Å². The van der Waals surface area contributed by atoms with Gasteiger partial charge in [0, 0.05) is 18.8 Å². The van der Waals surface area contributed by atoms with Crippen LogP contribution < -0.4 is 10.6 Å². The summed E-state index contributed by atoms with van der Waals surface area (Å²) in [7, 11) is 0. The van der Waals surface area contributed by atoms with Gasteiger partial charge in [-0.3, -0.25) is 9.78 Å². The highest BCUT2D eigenvalue weighted by Gasteiger charge is 2.12. The van der Waals surface area contributed by atoms with E-state index < -0.39 is 0 Å². The maximum Gasteiger partial charge on any atom is 0.236 e. The van der Waals surface area contributed by atoms with Gasteiger partial charge >= 0.3 is 0 Å². The number of carbonyl (C=O) groups is 1. The first kappa shape index (κ1) is 14.4. The summed E-state index contributed by atoms with van der Waals surface area (Å²) in [5.74, 6) is 0.109. The van der Waals surface area contributed by atoms with E-state index in [0.717, 1.165) is 12.1 Å². The first-order chi connectivity index (χ1) is 8.54. The minimum atomic E-state index is -0.307. The van der Waals surface area contributed by atoms with Crippen molar-refractivity contribution in [3.05, 3.63) is 23.5 Å². The molecule has 0 aliphatic rings. The highest BCUT2D eigenvalue weighted by molar-refractivity contribution is 5.81. The molecule has 0 saturated carbocycles. The van der Waals surface area contributed by atoms with E-state index in [-0.39, 0.29) is 17.7 Å². The Morgan fingerprint density at radius 3 is 2.89 bits per heavy atom. The second kappa shape index (κ2) is 6.96. The molecule has 18 heavy (non-hydrogen) atoms. The number of pyridine rings is 1. The van der Waals surface area contributed by atoms with E-state index in [4.69, 9.17) is 0 Å². The Morgan fingerprint density at radius 1 is 1.50 bits per heavy atom. The largest absolute Gasteiger partial charge is 0.506 e. The smallest absolute Gasteiger partial charge is 0.236 e. The van der Waals surface area contributed by atoms with Crippen LogP contribution >= 0.6 is 0 Å². The molecule has 0 aliphatic carbocycles. The number of hydrogen-bond donors (Lipinski definition) is 3. The fraction of sp³-hybridized carbons (Fsp3) is 0.538. The van der Waals surface area contributed by atoms with Crippen molar-refractivity contribution in [1.82, 2.24) is 15.6 Å². The van der Waals surface area contributed by atoms with Gasteiger partial charge in [0.25, 0.3) is 0 Å². The molecule has 1 aromatic rings. The van der Waals surface area contributed by atoms with Crippen LogP contribution in [0, 0.1) is 6.92 Å². The molecule has 1 unspecified atom stereocenters. The molecule has 0 fully saturated rings. The lowest BCUT2D eigenvalue weighted by Gasteiger charge is -2.14. The zero-order valence-electron chi connectivity index (χ0n) is 11.2. The molecule has 0 radical (unpaired) electrons. The third-order valence-electron chi connectivity index (χ3n) is 2.61. The van der Waals surface area contributed by atoms with Crippen LogP contribution in [0.15, 0.2) is 12.1 Å². The van der Waals surface area contributed by atoms with Crippen molar-refractivity contribution in [2.75, 3.05) is 6.54 Å². The van der Waals surface area contributed by atoms with Crippen LogP contribution in [0.5, 0.6) is 5.75 Å². The number of hydrogen-bond acceptors (Lipinski definition) is 4. The first-order valence-corrected chi connectivity index (χ1v) is 6.21. The van der Waals surface area contributed by atoms with Crippen LogP contribution in [0.3, 0.4) is 0 Å². The minimum Gasteiger partial charge on any atom is -0.506 e. The van der Waals surface area contributed by atoms with Crippen molar-refractivity contribution in [2.24, 2.45) is 0 Å². The Bertz CT molecular complexity index is 407. The molecule has 5 heteroatoms. The molecule has 1 heterocycles. The summed E-state index contributed by atoms with van der Waals surface area (Å²) >= 11 is 0. The monoisotopic (exact) mass is 251 g/mol. The van der Waals surface area contributed by atoms with Crippen LogP contribution in [0.25, 0.3) is 0 Å². The second-order valence-corrected chi connectivity index (χ2v) is 4.31. The van der Waals surface area contributed by atoms with Crippen LogP contribution in [-0.4, -0.2) is 28.6 Å². The fourth-order valence-electron chi connectivity index (χ4n) is 1.48. The number of aryl methyl sites for hydroxylation is 1. The van der Waals surface area contributed by atoms with E-state index in [1.807, 2.05) is 13.8 Å². The number of amides is 1. The molecule has 0 bridgehead atoms. The summed E-state index contributed by atoms with van der Waals surface area (Å²) in [6.07, 6.45) is 0.915. The molecule has 0 saturated heterocycles. The van der Waals surface area contributed by atoms with Crippen molar-refractivity contribution in [3.8, 4) is 5.75 Å². The third-order valence-corrected chi connectivity index (χ3v) is 2.61. The number of nitrogens with one attached hydrogen (secondary N) is 2. The van der Waals surface area contributed by atoms with Crippen LogP contribution in [0.1, 0.15) is 31.7 Å². The predicted molar refractivity (Wildman–Crippen MR) is 70.2 cm³/mol.